The van der Waals surface area contributed by atoms with Gasteiger partial charge in [0.05, 0.1) is 11.4 Å². The number of H-pyrrole nitrogens is 1. The van der Waals surface area contributed by atoms with Gasteiger partial charge < -0.3 is 5.73 Å². The molecule has 1 amide bonds. The third kappa shape index (κ3) is 1.88. The molecule has 2 aromatic rings. The number of hydrogen-bond acceptors (Lipinski definition) is 4. The van der Waals surface area contributed by atoms with Crippen LogP contribution in [-0.2, 0) is 4.79 Å². The maximum absolute atomic E-state index is 11.2. The summed E-state index contributed by atoms with van der Waals surface area (Å²) in [5, 5.41) is 8.61. The van der Waals surface area contributed by atoms with E-state index in [0.29, 0.717) is 18.8 Å². The molecule has 0 atom stereocenters. The summed E-state index contributed by atoms with van der Waals surface area (Å²) in [6.45, 7) is 0.688. The Morgan fingerprint density at radius 2 is 2.22 bits per heavy atom. The van der Waals surface area contributed by atoms with E-state index >= 15 is 0 Å². The highest BCUT2D eigenvalue weighted by Gasteiger charge is 2.18. The number of hydrazine groups is 1. The van der Waals surface area contributed by atoms with Crippen molar-refractivity contribution < 1.29 is 4.79 Å². The summed E-state index contributed by atoms with van der Waals surface area (Å²) in [4.78, 5) is 11.2. The first kappa shape index (κ1) is 10.6. The normalized spacial score (nSPS) is 14.9. The molecule has 0 aliphatic carbocycles. The number of nitrogen functional groups attached to an aromatic ring is 1. The van der Waals surface area contributed by atoms with Crippen molar-refractivity contribution in [2.24, 2.45) is 0 Å². The van der Waals surface area contributed by atoms with Gasteiger partial charge in [0, 0.05) is 24.6 Å². The lowest BCUT2D eigenvalue weighted by Crippen LogP contribution is -2.32. The smallest absolute Gasteiger partial charge is 0.240 e. The largest absolute Gasteiger partial charge is 0.382 e. The Hall–Kier alpha value is -2.50. The Balaban J connectivity index is 1.92. The van der Waals surface area contributed by atoms with E-state index in [1.807, 2.05) is 29.3 Å². The number of hydrogen-bond donors (Lipinski definition) is 3. The molecule has 0 unspecified atom stereocenters. The molecule has 0 bridgehead atoms. The summed E-state index contributed by atoms with van der Waals surface area (Å²) in [5.74, 6) is 0.510. The molecule has 6 nitrogen and oxygen atoms in total. The quantitative estimate of drug-likeness (QED) is 0.731. The van der Waals surface area contributed by atoms with Crippen LogP contribution >= 0.6 is 0 Å². The lowest BCUT2D eigenvalue weighted by atomic mass is 10.1. The zero-order valence-electron chi connectivity index (χ0n) is 9.68. The number of aromatic nitrogens is 2. The molecule has 0 saturated carbocycles. The highest BCUT2D eigenvalue weighted by molar-refractivity contribution is 5.82. The number of aromatic amines is 1. The molecule has 18 heavy (non-hydrogen) atoms. The Labute approximate surface area is 104 Å². The fourth-order valence-electron chi connectivity index (χ4n) is 2.00. The van der Waals surface area contributed by atoms with E-state index in [9.17, 15) is 4.79 Å². The third-order valence-corrected chi connectivity index (χ3v) is 2.89. The monoisotopic (exact) mass is 243 g/mol. The number of nitrogens with one attached hydrogen (secondary N) is 2. The summed E-state index contributed by atoms with van der Waals surface area (Å²) in [6.07, 6.45) is 0.529. The van der Waals surface area contributed by atoms with Gasteiger partial charge in [0.2, 0.25) is 5.91 Å². The van der Waals surface area contributed by atoms with Crippen molar-refractivity contribution in [2.75, 3.05) is 17.3 Å². The van der Waals surface area contributed by atoms with Gasteiger partial charge >= 0.3 is 0 Å². The van der Waals surface area contributed by atoms with E-state index in [-0.39, 0.29) is 5.91 Å². The second-order valence-corrected chi connectivity index (χ2v) is 4.19. The molecule has 0 radical (unpaired) electrons. The van der Waals surface area contributed by atoms with Crippen LogP contribution < -0.4 is 16.2 Å². The van der Waals surface area contributed by atoms with Crippen molar-refractivity contribution in [3.8, 4) is 11.3 Å². The van der Waals surface area contributed by atoms with Crippen molar-refractivity contribution in [1.82, 2.24) is 15.6 Å². The van der Waals surface area contributed by atoms with Crippen molar-refractivity contribution in [1.29, 1.82) is 0 Å². The molecule has 1 fully saturated rings. The predicted molar refractivity (Wildman–Crippen MR) is 68.5 cm³/mol. The van der Waals surface area contributed by atoms with Crippen LogP contribution in [0.15, 0.2) is 30.3 Å². The van der Waals surface area contributed by atoms with E-state index in [4.69, 9.17) is 5.73 Å². The minimum atomic E-state index is 0.0474. The molecule has 1 aromatic heterocycles. The summed E-state index contributed by atoms with van der Waals surface area (Å²) >= 11 is 0. The van der Waals surface area contributed by atoms with Crippen LogP contribution in [0.25, 0.3) is 11.3 Å². The number of rotatable bonds is 2. The molecule has 1 aliphatic heterocycles. The number of carbonyl (C=O) groups excluding carboxylic acids is 1. The average molecular weight is 243 g/mol. The standard InChI is InChI=1S/C12H13N5O/c13-11-7-10(14-15-11)8-2-1-3-9(6-8)17-5-4-12(18)16-17/h1-3,6-7H,4-5H2,(H,16,18)(H3,13,14,15). The van der Waals surface area contributed by atoms with Gasteiger partial charge in [-0.15, -0.1) is 0 Å². The van der Waals surface area contributed by atoms with Gasteiger partial charge in [0.15, 0.2) is 0 Å². The van der Waals surface area contributed by atoms with Crippen molar-refractivity contribution >= 4 is 17.4 Å². The summed E-state index contributed by atoms with van der Waals surface area (Å²) in [7, 11) is 0. The van der Waals surface area contributed by atoms with Crippen LogP contribution in [0, 0.1) is 0 Å². The van der Waals surface area contributed by atoms with E-state index < -0.39 is 0 Å². The molecule has 2 heterocycles. The van der Waals surface area contributed by atoms with Gasteiger partial charge in [-0.05, 0) is 12.1 Å². The first-order chi connectivity index (χ1) is 8.72. The zero-order chi connectivity index (χ0) is 12.5. The number of carbonyl (C=O) groups is 1. The molecule has 4 N–H and O–H groups in total. The van der Waals surface area contributed by atoms with Crippen LogP contribution in [-0.4, -0.2) is 22.6 Å². The van der Waals surface area contributed by atoms with Crippen LogP contribution in [0.4, 0.5) is 11.5 Å². The van der Waals surface area contributed by atoms with E-state index in [2.05, 4.69) is 15.6 Å². The first-order valence-corrected chi connectivity index (χ1v) is 5.71. The fourth-order valence-corrected chi connectivity index (χ4v) is 2.00. The fraction of sp³-hybridized carbons (Fsp3) is 0.167. The molecular formula is C12H13N5O. The van der Waals surface area contributed by atoms with Crippen LogP contribution in [0.5, 0.6) is 0 Å². The first-order valence-electron chi connectivity index (χ1n) is 5.71. The minimum Gasteiger partial charge on any atom is -0.382 e. The second-order valence-electron chi connectivity index (χ2n) is 4.19. The van der Waals surface area contributed by atoms with Gasteiger partial charge in [0.25, 0.3) is 0 Å². The maximum Gasteiger partial charge on any atom is 0.240 e. The molecular weight excluding hydrogens is 230 g/mol. The minimum absolute atomic E-state index is 0.0474. The van der Waals surface area contributed by atoms with E-state index in [1.54, 1.807) is 6.07 Å². The van der Waals surface area contributed by atoms with Crippen molar-refractivity contribution in [3.63, 3.8) is 0 Å². The number of amides is 1. The van der Waals surface area contributed by atoms with E-state index in [1.165, 1.54) is 0 Å². The number of nitrogens with zero attached hydrogens (tertiary/aromatic N) is 2. The molecule has 1 aromatic carbocycles. The van der Waals surface area contributed by atoms with Gasteiger partial charge in [0.1, 0.15) is 5.82 Å². The van der Waals surface area contributed by atoms with Crippen LogP contribution in [0.2, 0.25) is 0 Å². The highest BCUT2D eigenvalue weighted by atomic mass is 16.2. The Kier molecular flexibility index (Phi) is 2.40. The highest BCUT2D eigenvalue weighted by Crippen LogP contribution is 2.24. The average Bonchev–Trinajstić information content (AvgIpc) is 2.98. The van der Waals surface area contributed by atoms with Gasteiger partial charge in [-0.1, -0.05) is 12.1 Å². The van der Waals surface area contributed by atoms with Crippen LogP contribution in [0.3, 0.4) is 0 Å². The number of nitrogens with two attached hydrogens (primary N) is 1. The molecule has 92 valence electrons. The molecule has 0 spiro atoms. The Bertz CT molecular complexity index is 592. The SMILES string of the molecule is Nc1cc(-c2cccc(N3CCC(=O)N3)c2)[nH]n1. The van der Waals surface area contributed by atoms with Crippen LogP contribution in [0.1, 0.15) is 6.42 Å². The Morgan fingerprint density at radius 3 is 2.89 bits per heavy atom. The van der Waals surface area contributed by atoms with E-state index in [0.717, 1.165) is 16.9 Å². The number of benzene rings is 1. The third-order valence-electron chi connectivity index (χ3n) is 2.89. The molecule has 1 aliphatic rings. The van der Waals surface area contributed by atoms with Gasteiger partial charge in [-0.3, -0.25) is 20.3 Å². The lowest BCUT2D eigenvalue weighted by molar-refractivity contribution is -0.119. The van der Waals surface area contributed by atoms with Gasteiger partial charge in [-0.2, -0.15) is 5.10 Å². The number of anilines is 2. The molecule has 1 saturated heterocycles. The second kappa shape index (κ2) is 4.06. The van der Waals surface area contributed by atoms with Crippen molar-refractivity contribution in [2.45, 2.75) is 6.42 Å². The van der Waals surface area contributed by atoms with Gasteiger partial charge in [-0.25, -0.2) is 0 Å². The molecule has 3 rings (SSSR count). The summed E-state index contributed by atoms with van der Waals surface area (Å²) < 4.78 is 0. The Morgan fingerprint density at radius 1 is 1.33 bits per heavy atom. The van der Waals surface area contributed by atoms with Crippen molar-refractivity contribution in [3.05, 3.63) is 30.3 Å². The summed E-state index contributed by atoms with van der Waals surface area (Å²) in [5.41, 5.74) is 11.2. The zero-order valence-corrected chi connectivity index (χ0v) is 9.68. The summed E-state index contributed by atoms with van der Waals surface area (Å²) in [6, 6.07) is 9.62. The maximum atomic E-state index is 11.2. The lowest BCUT2D eigenvalue weighted by Gasteiger charge is -2.17. The topological polar surface area (TPSA) is 87.0 Å². The predicted octanol–water partition coefficient (Wildman–Crippen LogP) is 0.900. The molecule has 6 heteroatoms.